The molecule has 1 aliphatic rings. The molecule has 2 aromatic rings. The number of piperidine rings is 1. The first-order valence-corrected chi connectivity index (χ1v) is 7.93. The number of amides is 1. The third-order valence-corrected chi connectivity index (χ3v) is 5.48. The number of imidazole rings is 1. The normalized spacial score (nSPS) is 16.6. The second-order valence-corrected chi connectivity index (χ2v) is 6.35. The van der Waals surface area contributed by atoms with Crippen LogP contribution in [-0.4, -0.2) is 33.4 Å². The fraction of sp³-hybridized carbons (Fsp3) is 0.429. The van der Waals surface area contributed by atoms with E-state index in [0.29, 0.717) is 15.9 Å². The molecule has 0 aliphatic carbocycles. The zero-order valence-corrected chi connectivity index (χ0v) is 12.8. The van der Waals surface area contributed by atoms with Crippen molar-refractivity contribution in [2.24, 2.45) is 0 Å². The third-order valence-electron chi connectivity index (χ3n) is 3.79. The molecule has 6 heteroatoms. The topological polar surface area (TPSA) is 38.1 Å². The first-order chi connectivity index (χ1) is 9.66. The van der Waals surface area contributed by atoms with Gasteiger partial charge in [-0.05, 0) is 30.7 Å². The molecule has 1 aliphatic heterocycles. The summed E-state index contributed by atoms with van der Waals surface area (Å²) >= 11 is 7.62. The Labute approximate surface area is 127 Å². The van der Waals surface area contributed by atoms with Crippen molar-refractivity contribution in [3.8, 4) is 0 Å². The van der Waals surface area contributed by atoms with Crippen LogP contribution in [0.1, 0.15) is 34.1 Å². The lowest BCUT2D eigenvalue weighted by Crippen LogP contribution is -2.38. The van der Waals surface area contributed by atoms with Crippen LogP contribution in [0.3, 0.4) is 0 Å². The molecule has 0 bridgehead atoms. The Hall–Kier alpha value is -1.33. The molecule has 1 saturated heterocycles. The van der Waals surface area contributed by atoms with Crippen LogP contribution in [0.2, 0.25) is 5.02 Å². The second kappa shape index (κ2) is 5.58. The van der Waals surface area contributed by atoms with Gasteiger partial charge in [-0.2, -0.15) is 0 Å². The number of hydrogen-bond acceptors (Lipinski definition) is 3. The van der Waals surface area contributed by atoms with Gasteiger partial charge in [0.05, 0.1) is 11.3 Å². The summed E-state index contributed by atoms with van der Waals surface area (Å²) in [4.78, 5) is 19.1. The minimum Gasteiger partial charge on any atom is -0.338 e. The average Bonchev–Trinajstić information content (AvgIpc) is 3.10. The molecule has 3 heterocycles. The van der Waals surface area contributed by atoms with E-state index in [0.717, 1.165) is 31.5 Å². The summed E-state index contributed by atoms with van der Waals surface area (Å²) in [5, 5.41) is 2.55. The van der Waals surface area contributed by atoms with Gasteiger partial charge in [0.15, 0.2) is 0 Å². The molecular formula is C14H16ClN3OS. The fourth-order valence-electron chi connectivity index (χ4n) is 2.57. The lowest BCUT2D eigenvalue weighted by molar-refractivity contribution is 0.0699. The highest BCUT2D eigenvalue weighted by Gasteiger charge is 2.26. The van der Waals surface area contributed by atoms with Gasteiger partial charge in [-0.15, -0.1) is 11.3 Å². The molecule has 0 N–H and O–H groups in total. The molecule has 0 aromatic carbocycles. The smallest absolute Gasteiger partial charge is 0.265 e. The average molecular weight is 310 g/mol. The summed E-state index contributed by atoms with van der Waals surface area (Å²) in [6.07, 6.45) is 7.56. The van der Waals surface area contributed by atoms with E-state index in [1.54, 1.807) is 6.20 Å². The maximum Gasteiger partial charge on any atom is 0.265 e. The molecule has 1 amide bonds. The molecule has 0 spiro atoms. The lowest BCUT2D eigenvalue weighted by atomic mass is 10.0. The Morgan fingerprint density at radius 1 is 1.45 bits per heavy atom. The van der Waals surface area contributed by atoms with E-state index in [-0.39, 0.29) is 5.91 Å². The summed E-state index contributed by atoms with van der Waals surface area (Å²) in [5.74, 6) is 0.0668. The summed E-state index contributed by atoms with van der Waals surface area (Å²) < 4.78 is 2.13. The fourth-order valence-corrected chi connectivity index (χ4v) is 3.81. The molecule has 0 atom stereocenters. The lowest BCUT2D eigenvalue weighted by Gasteiger charge is -2.32. The van der Waals surface area contributed by atoms with Crippen LogP contribution in [0.4, 0.5) is 0 Å². The van der Waals surface area contributed by atoms with Gasteiger partial charge in [0.25, 0.3) is 5.91 Å². The molecule has 106 valence electrons. The predicted octanol–water partition coefficient (Wildman–Crippen LogP) is 3.38. The van der Waals surface area contributed by atoms with Gasteiger partial charge in [-0.3, -0.25) is 4.79 Å². The molecule has 0 radical (unpaired) electrons. The zero-order valence-electron chi connectivity index (χ0n) is 11.3. The molecule has 0 saturated carbocycles. The standard InChI is InChI=1S/C14H16ClN3OS/c1-10-8-20-13(12(10)15)14(19)17-5-2-11(3-6-17)18-7-4-16-9-18/h4,7-9,11H,2-3,5-6H2,1H3. The molecule has 4 nitrogen and oxygen atoms in total. The van der Waals surface area contributed by atoms with Crippen molar-refractivity contribution in [2.45, 2.75) is 25.8 Å². The number of carbonyl (C=O) groups excluding carboxylic acids is 1. The number of aromatic nitrogens is 2. The summed E-state index contributed by atoms with van der Waals surface area (Å²) in [5.41, 5.74) is 0.980. The summed E-state index contributed by atoms with van der Waals surface area (Å²) in [7, 11) is 0. The van der Waals surface area contributed by atoms with Crippen LogP contribution in [0.25, 0.3) is 0 Å². The van der Waals surface area contributed by atoms with E-state index in [1.807, 2.05) is 29.7 Å². The molecule has 0 unspecified atom stereocenters. The highest BCUT2D eigenvalue weighted by Crippen LogP contribution is 2.30. The number of hydrogen-bond donors (Lipinski definition) is 0. The van der Waals surface area contributed by atoms with Crippen molar-refractivity contribution in [1.82, 2.24) is 14.5 Å². The first-order valence-electron chi connectivity index (χ1n) is 6.67. The van der Waals surface area contributed by atoms with Crippen LogP contribution < -0.4 is 0 Å². The highest BCUT2D eigenvalue weighted by molar-refractivity contribution is 7.13. The molecule has 20 heavy (non-hydrogen) atoms. The van der Waals surface area contributed by atoms with Crippen LogP contribution in [0.5, 0.6) is 0 Å². The van der Waals surface area contributed by atoms with Gasteiger partial charge in [-0.25, -0.2) is 4.98 Å². The van der Waals surface area contributed by atoms with Crippen molar-refractivity contribution >= 4 is 28.8 Å². The Balaban J connectivity index is 1.66. The van der Waals surface area contributed by atoms with Crippen molar-refractivity contribution in [2.75, 3.05) is 13.1 Å². The number of thiophene rings is 1. The summed E-state index contributed by atoms with van der Waals surface area (Å²) in [6, 6.07) is 0.446. The number of nitrogens with zero attached hydrogens (tertiary/aromatic N) is 3. The van der Waals surface area contributed by atoms with E-state index in [4.69, 9.17) is 11.6 Å². The molecule has 1 fully saturated rings. The van der Waals surface area contributed by atoms with Crippen molar-refractivity contribution in [1.29, 1.82) is 0 Å². The SMILES string of the molecule is Cc1csc(C(=O)N2CCC(n3ccnc3)CC2)c1Cl. The van der Waals surface area contributed by atoms with Crippen molar-refractivity contribution < 1.29 is 4.79 Å². The predicted molar refractivity (Wildman–Crippen MR) is 80.5 cm³/mol. The third kappa shape index (κ3) is 2.47. The van der Waals surface area contributed by atoms with Crippen LogP contribution >= 0.6 is 22.9 Å². The van der Waals surface area contributed by atoms with E-state index in [2.05, 4.69) is 9.55 Å². The Morgan fingerprint density at radius 3 is 2.75 bits per heavy atom. The maximum absolute atomic E-state index is 12.5. The molecule has 2 aromatic heterocycles. The van der Waals surface area contributed by atoms with E-state index < -0.39 is 0 Å². The Bertz CT molecular complexity index is 600. The van der Waals surface area contributed by atoms with Gasteiger partial charge in [-0.1, -0.05) is 11.6 Å². The van der Waals surface area contributed by atoms with Gasteiger partial charge < -0.3 is 9.47 Å². The molecular weight excluding hydrogens is 294 g/mol. The first kappa shape index (κ1) is 13.6. The largest absolute Gasteiger partial charge is 0.338 e. The summed E-state index contributed by atoms with van der Waals surface area (Å²) in [6.45, 7) is 3.48. The van der Waals surface area contributed by atoms with Crippen molar-refractivity contribution in [3.05, 3.63) is 39.6 Å². The van der Waals surface area contributed by atoms with Gasteiger partial charge >= 0.3 is 0 Å². The van der Waals surface area contributed by atoms with Gasteiger partial charge in [0, 0.05) is 31.5 Å². The Morgan fingerprint density at radius 2 is 2.20 bits per heavy atom. The zero-order chi connectivity index (χ0) is 14.1. The van der Waals surface area contributed by atoms with Crippen LogP contribution in [0, 0.1) is 6.92 Å². The second-order valence-electron chi connectivity index (χ2n) is 5.10. The monoisotopic (exact) mass is 309 g/mol. The number of rotatable bonds is 2. The number of aryl methyl sites for hydroxylation is 1. The number of likely N-dealkylation sites (tertiary alicyclic amines) is 1. The van der Waals surface area contributed by atoms with E-state index in [1.165, 1.54) is 11.3 Å². The van der Waals surface area contributed by atoms with Crippen molar-refractivity contribution in [3.63, 3.8) is 0 Å². The van der Waals surface area contributed by atoms with Crippen LogP contribution in [-0.2, 0) is 0 Å². The minimum atomic E-state index is 0.0668. The maximum atomic E-state index is 12.5. The van der Waals surface area contributed by atoms with E-state index >= 15 is 0 Å². The molecule has 3 rings (SSSR count). The minimum absolute atomic E-state index is 0.0668. The quantitative estimate of drug-likeness (QED) is 0.853. The Kier molecular flexibility index (Phi) is 3.81. The van der Waals surface area contributed by atoms with Gasteiger partial charge in [0.2, 0.25) is 0 Å². The van der Waals surface area contributed by atoms with Gasteiger partial charge in [0.1, 0.15) is 4.88 Å². The van der Waals surface area contributed by atoms with Crippen LogP contribution in [0.15, 0.2) is 24.1 Å². The highest BCUT2D eigenvalue weighted by atomic mass is 35.5. The number of carbonyl (C=O) groups is 1. The number of halogens is 1. The van der Waals surface area contributed by atoms with E-state index in [9.17, 15) is 4.79 Å².